The molecule has 0 spiro atoms. The molecular weight excluding hydrogens is 1130 g/mol. The average Bonchev–Trinajstić information content (AvgIpc) is 1.56. The van der Waals surface area contributed by atoms with Crippen molar-refractivity contribution in [1.29, 1.82) is 0 Å². The van der Waals surface area contributed by atoms with Crippen LogP contribution in [0, 0.1) is 0 Å². The Kier molecular flexibility index (Phi) is 10.6. The number of aromatic nitrogens is 4. The van der Waals surface area contributed by atoms with Gasteiger partial charge in [0.05, 0.1) is 44.1 Å². The molecule has 0 aliphatic heterocycles. The summed E-state index contributed by atoms with van der Waals surface area (Å²) in [6.45, 7) is 0. The lowest BCUT2D eigenvalue weighted by Crippen LogP contribution is -1.95. The Labute approximate surface area is 524 Å². The molecule has 0 amide bonds. The first-order chi connectivity index (χ1) is 44.6. The Morgan fingerprint density at radius 1 is 0.200 bits per heavy atom. The standard InChI is InChI=1S/C84H50N4S2/c1-3-16-56(17-4-1)85-72-27-12-8-22-66(72)81-75(85)45-42-64-68-50-55(34-43-74(68)88(83(64)81)59-39-32-52(33-40-59)53-35-46-78-69(48-53)62-21-10-14-29-77(62)89-78)60-24-15-25-65-70-49-54(36-47-79(70)90-84(60)65)51-30-37-58(38-31-51)86-73-28-13-9-23-67(73)80-76(86)44-41-63-61-20-7-11-26-71(61)87(82(63)80)57-18-5-2-6-19-57/h1-50H. The van der Waals surface area contributed by atoms with Gasteiger partial charge in [-0.1, -0.05) is 182 Å². The highest BCUT2D eigenvalue weighted by Gasteiger charge is 2.24. The second-order valence-corrected chi connectivity index (χ2v) is 26.0. The summed E-state index contributed by atoms with van der Waals surface area (Å²) in [5, 5.41) is 15.2. The third-order valence-electron chi connectivity index (χ3n) is 19.2. The van der Waals surface area contributed by atoms with Gasteiger partial charge in [0, 0.05) is 106 Å². The van der Waals surface area contributed by atoms with Gasteiger partial charge in [-0.15, -0.1) is 22.7 Å². The van der Waals surface area contributed by atoms with Crippen LogP contribution in [0.1, 0.15) is 0 Å². The SMILES string of the molecule is c1ccc(-n2c3ccccc3c3c2ccc2c4cc(-c5cccc6c5sc5ccc(-c7ccc(-n8c9ccccc9c9c8ccc8c%10ccccc%10n(-c%10ccccc%10)c89)cc7)cc56)ccc4n(-c4ccc(-c5ccc6sc7ccccc7c6c5)cc4)c23)cc1. The summed E-state index contributed by atoms with van der Waals surface area (Å²) in [6.07, 6.45) is 0. The van der Waals surface area contributed by atoms with Crippen LogP contribution in [0.3, 0.4) is 0 Å². The van der Waals surface area contributed by atoms with E-state index in [0.29, 0.717) is 0 Å². The highest BCUT2D eigenvalue weighted by atomic mass is 32.1. The zero-order valence-corrected chi connectivity index (χ0v) is 50.1. The zero-order chi connectivity index (χ0) is 58.7. The van der Waals surface area contributed by atoms with Gasteiger partial charge in [-0.3, -0.25) is 0 Å². The minimum absolute atomic E-state index is 1.13. The lowest BCUT2D eigenvalue weighted by molar-refractivity contribution is 1.17. The molecule has 20 rings (SSSR count). The van der Waals surface area contributed by atoms with Crippen molar-refractivity contribution in [3.63, 3.8) is 0 Å². The Bertz CT molecular complexity index is 6370. The molecule has 0 atom stereocenters. The summed E-state index contributed by atoms with van der Waals surface area (Å²) >= 11 is 3.76. The van der Waals surface area contributed by atoms with Crippen molar-refractivity contribution in [1.82, 2.24) is 18.3 Å². The molecule has 0 fully saturated rings. The number of para-hydroxylation sites is 5. The predicted molar refractivity (Wildman–Crippen MR) is 386 cm³/mol. The molecule has 0 bridgehead atoms. The zero-order valence-electron chi connectivity index (χ0n) is 48.5. The fourth-order valence-electron chi connectivity index (χ4n) is 15.2. The Hall–Kier alpha value is -11.3. The summed E-state index contributed by atoms with van der Waals surface area (Å²) < 4.78 is 15.1. The van der Waals surface area contributed by atoms with Crippen molar-refractivity contribution < 1.29 is 0 Å². The Morgan fingerprint density at radius 2 is 0.600 bits per heavy atom. The number of fused-ring (bicyclic) bond motifs is 20. The van der Waals surface area contributed by atoms with E-state index in [1.807, 2.05) is 22.7 Å². The average molecular weight is 1180 g/mol. The van der Waals surface area contributed by atoms with Gasteiger partial charge in [-0.2, -0.15) is 0 Å². The third-order valence-corrected chi connectivity index (χ3v) is 21.5. The molecular formula is C84H50N4S2. The van der Waals surface area contributed by atoms with E-state index in [9.17, 15) is 0 Å². The van der Waals surface area contributed by atoms with Gasteiger partial charge in [0.1, 0.15) is 0 Å². The van der Waals surface area contributed by atoms with Crippen molar-refractivity contribution in [2.45, 2.75) is 0 Å². The molecule has 0 saturated heterocycles. The monoisotopic (exact) mass is 1180 g/mol. The minimum atomic E-state index is 1.13. The molecule has 0 aliphatic rings. The van der Waals surface area contributed by atoms with Crippen LogP contribution in [-0.2, 0) is 0 Å². The van der Waals surface area contributed by atoms with Crippen molar-refractivity contribution in [3.05, 3.63) is 303 Å². The summed E-state index contributed by atoms with van der Waals surface area (Å²) in [4.78, 5) is 0. The van der Waals surface area contributed by atoms with Crippen LogP contribution in [0.4, 0.5) is 0 Å². The van der Waals surface area contributed by atoms with Gasteiger partial charge in [0.2, 0.25) is 0 Å². The van der Waals surface area contributed by atoms with Gasteiger partial charge in [0.25, 0.3) is 0 Å². The molecule has 20 aromatic rings. The van der Waals surface area contributed by atoms with Gasteiger partial charge >= 0.3 is 0 Å². The predicted octanol–water partition coefficient (Wildman–Crippen LogP) is 23.8. The lowest BCUT2D eigenvalue weighted by atomic mass is 9.99. The smallest absolute Gasteiger partial charge is 0.0641 e. The van der Waals surface area contributed by atoms with Crippen molar-refractivity contribution in [3.8, 4) is 56.1 Å². The molecule has 90 heavy (non-hydrogen) atoms. The summed E-state index contributed by atoms with van der Waals surface area (Å²) in [5.74, 6) is 0. The van der Waals surface area contributed by atoms with Gasteiger partial charge in [-0.25, -0.2) is 0 Å². The summed E-state index contributed by atoms with van der Waals surface area (Å²) in [5.41, 5.74) is 21.4. The molecule has 0 aliphatic carbocycles. The number of rotatable bonds is 7. The van der Waals surface area contributed by atoms with Crippen LogP contribution in [0.15, 0.2) is 303 Å². The van der Waals surface area contributed by atoms with Crippen molar-refractivity contribution >= 4 is 150 Å². The first kappa shape index (κ1) is 49.8. The first-order valence-electron chi connectivity index (χ1n) is 30.8. The number of benzene rings is 14. The van der Waals surface area contributed by atoms with Gasteiger partial charge in [0.15, 0.2) is 0 Å². The van der Waals surface area contributed by atoms with E-state index in [4.69, 9.17) is 0 Å². The van der Waals surface area contributed by atoms with Crippen LogP contribution in [0.5, 0.6) is 0 Å². The number of hydrogen-bond acceptors (Lipinski definition) is 2. The second kappa shape index (κ2) is 19.1. The van der Waals surface area contributed by atoms with Crippen LogP contribution >= 0.6 is 22.7 Å². The molecule has 6 heterocycles. The lowest BCUT2D eigenvalue weighted by Gasteiger charge is -2.11. The van der Waals surface area contributed by atoms with Gasteiger partial charge < -0.3 is 18.3 Å². The third kappa shape index (κ3) is 7.17. The number of thiophene rings is 2. The highest BCUT2D eigenvalue weighted by molar-refractivity contribution is 7.26. The van der Waals surface area contributed by atoms with E-state index in [1.165, 1.54) is 161 Å². The van der Waals surface area contributed by atoms with E-state index in [2.05, 4.69) is 322 Å². The van der Waals surface area contributed by atoms with Crippen LogP contribution in [0.25, 0.3) is 184 Å². The number of nitrogens with zero attached hydrogens (tertiary/aromatic N) is 4. The Balaban J connectivity index is 0.708. The molecule has 0 saturated carbocycles. The van der Waals surface area contributed by atoms with Crippen molar-refractivity contribution in [2.75, 3.05) is 0 Å². The van der Waals surface area contributed by atoms with Crippen LogP contribution < -0.4 is 0 Å². The molecule has 6 aromatic heterocycles. The first-order valence-corrected chi connectivity index (χ1v) is 32.4. The molecule has 0 unspecified atom stereocenters. The van der Waals surface area contributed by atoms with Crippen molar-refractivity contribution in [2.24, 2.45) is 0 Å². The van der Waals surface area contributed by atoms with E-state index >= 15 is 0 Å². The van der Waals surface area contributed by atoms with Crippen LogP contribution in [-0.4, -0.2) is 18.3 Å². The fourth-order valence-corrected chi connectivity index (χ4v) is 17.5. The maximum Gasteiger partial charge on any atom is 0.0641 e. The van der Waals surface area contributed by atoms with E-state index in [-0.39, 0.29) is 0 Å². The normalized spacial score (nSPS) is 12.2. The Morgan fingerprint density at radius 3 is 1.21 bits per heavy atom. The van der Waals surface area contributed by atoms with E-state index < -0.39 is 0 Å². The molecule has 4 nitrogen and oxygen atoms in total. The topological polar surface area (TPSA) is 19.7 Å². The van der Waals surface area contributed by atoms with E-state index in [1.54, 1.807) is 0 Å². The summed E-state index contributed by atoms with van der Waals surface area (Å²) in [7, 11) is 0. The second-order valence-electron chi connectivity index (χ2n) is 23.9. The summed E-state index contributed by atoms with van der Waals surface area (Å²) in [6, 6.07) is 113. The quantitative estimate of drug-likeness (QED) is 0.152. The van der Waals surface area contributed by atoms with Crippen LogP contribution in [0.2, 0.25) is 0 Å². The molecule has 418 valence electrons. The largest absolute Gasteiger partial charge is 0.309 e. The molecule has 6 heteroatoms. The minimum Gasteiger partial charge on any atom is -0.309 e. The van der Waals surface area contributed by atoms with E-state index in [0.717, 1.165) is 22.7 Å². The molecule has 0 N–H and O–H groups in total. The molecule has 14 aromatic carbocycles. The number of hydrogen-bond donors (Lipinski definition) is 0. The van der Waals surface area contributed by atoms with Gasteiger partial charge in [-0.05, 0) is 155 Å². The maximum atomic E-state index is 2.53. The highest BCUT2D eigenvalue weighted by Crippen LogP contribution is 2.48. The maximum absolute atomic E-state index is 2.53. The molecule has 0 radical (unpaired) electrons. The fraction of sp³-hybridized carbons (Fsp3) is 0.